The third kappa shape index (κ3) is 5.47. The zero-order chi connectivity index (χ0) is 17.4. The van der Waals surface area contributed by atoms with E-state index in [-0.39, 0.29) is 11.7 Å². The maximum Gasteiger partial charge on any atom is 0.250 e. The highest BCUT2D eigenvalue weighted by molar-refractivity contribution is 8.00. The molecule has 1 amide bonds. The fraction of sp³-hybridized carbons (Fsp3) is 0.176. The molecule has 2 aromatic rings. The Hall–Kier alpha value is -2.18. The lowest BCUT2D eigenvalue weighted by atomic mass is 10.2. The number of nitrogens with one attached hydrogen (secondary N) is 1. The van der Waals surface area contributed by atoms with Crippen molar-refractivity contribution >= 4 is 35.5 Å². The summed E-state index contributed by atoms with van der Waals surface area (Å²) in [6, 6.07) is 12.7. The van der Waals surface area contributed by atoms with E-state index >= 15 is 0 Å². The molecule has 0 spiro atoms. The van der Waals surface area contributed by atoms with Gasteiger partial charge in [0.15, 0.2) is 11.5 Å². The smallest absolute Gasteiger partial charge is 0.250 e. The minimum atomic E-state index is -0.197. The van der Waals surface area contributed by atoms with Crippen LogP contribution in [-0.2, 0) is 4.79 Å². The fourth-order valence-electron chi connectivity index (χ4n) is 1.85. The summed E-state index contributed by atoms with van der Waals surface area (Å²) in [5.74, 6) is 1.29. The number of halogens is 1. The van der Waals surface area contributed by atoms with Gasteiger partial charge in [0.05, 0.1) is 26.2 Å². The highest BCUT2D eigenvalue weighted by Gasteiger charge is 2.04. The Balaban J connectivity index is 1.86. The molecule has 2 aromatic carbocycles. The molecule has 1 N–H and O–H groups in total. The quantitative estimate of drug-likeness (QED) is 0.463. The largest absolute Gasteiger partial charge is 0.493 e. The lowest BCUT2D eigenvalue weighted by molar-refractivity contribution is -0.118. The summed E-state index contributed by atoms with van der Waals surface area (Å²) in [5.41, 5.74) is 3.27. The number of nitrogens with zero attached hydrogens (tertiary/aromatic N) is 1. The minimum Gasteiger partial charge on any atom is -0.493 e. The van der Waals surface area contributed by atoms with E-state index in [0.717, 1.165) is 10.5 Å². The average Bonchev–Trinajstić information content (AvgIpc) is 2.60. The Labute approximate surface area is 150 Å². The predicted molar refractivity (Wildman–Crippen MR) is 97.5 cm³/mol. The van der Waals surface area contributed by atoms with Crippen LogP contribution in [-0.4, -0.2) is 32.1 Å². The molecule has 0 aromatic heterocycles. The number of rotatable bonds is 7. The second-order valence-electron chi connectivity index (χ2n) is 4.65. The molecule has 0 atom stereocenters. The summed E-state index contributed by atoms with van der Waals surface area (Å²) in [7, 11) is 3.14. The van der Waals surface area contributed by atoms with Crippen molar-refractivity contribution in [2.75, 3.05) is 20.0 Å². The number of thioether (sulfide) groups is 1. The molecule has 0 bridgehead atoms. The van der Waals surface area contributed by atoms with Crippen molar-refractivity contribution in [1.82, 2.24) is 5.43 Å². The Bertz CT molecular complexity index is 738. The molecule has 0 heterocycles. The van der Waals surface area contributed by atoms with Crippen LogP contribution in [0.15, 0.2) is 52.5 Å². The standard InChI is InChI=1S/C17H17ClN2O3S/c1-22-15-7-6-12(8-16(15)23-2)10-19-20-17(21)11-24-14-5-3-4-13(18)9-14/h3-10H,11H2,1-2H3,(H,20,21). The van der Waals surface area contributed by atoms with Crippen LogP contribution in [0.1, 0.15) is 5.56 Å². The van der Waals surface area contributed by atoms with Crippen LogP contribution in [0.5, 0.6) is 11.5 Å². The van der Waals surface area contributed by atoms with Gasteiger partial charge in [-0.05, 0) is 42.0 Å². The van der Waals surface area contributed by atoms with E-state index in [1.165, 1.54) is 11.8 Å². The van der Waals surface area contributed by atoms with Gasteiger partial charge in [0.1, 0.15) is 0 Å². The van der Waals surface area contributed by atoms with E-state index < -0.39 is 0 Å². The predicted octanol–water partition coefficient (Wildman–Crippen LogP) is 3.60. The number of methoxy groups -OCH3 is 2. The molecular weight excluding hydrogens is 348 g/mol. The van der Waals surface area contributed by atoms with Gasteiger partial charge in [0.2, 0.25) is 5.91 Å². The second kappa shape index (κ2) is 9.20. The number of hydrazone groups is 1. The first-order valence-electron chi connectivity index (χ1n) is 7.04. The fourth-order valence-corrected chi connectivity index (χ4v) is 2.85. The molecule has 5 nitrogen and oxygen atoms in total. The maximum atomic E-state index is 11.8. The van der Waals surface area contributed by atoms with Gasteiger partial charge in [-0.3, -0.25) is 4.79 Å². The highest BCUT2D eigenvalue weighted by atomic mass is 35.5. The van der Waals surface area contributed by atoms with E-state index in [4.69, 9.17) is 21.1 Å². The van der Waals surface area contributed by atoms with Crippen molar-refractivity contribution in [2.24, 2.45) is 5.10 Å². The molecule has 0 fully saturated rings. The summed E-state index contributed by atoms with van der Waals surface area (Å²) in [6.45, 7) is 0. The van der Waals surface area contributed by atoms with Crippen molar-refractivity contribution in [2.45, 2.75) is 4.90 Å². The molecule has 24 heavy (non-hydrogen) atoms. The van der Waals surface area contributed by atoms with Crippen molar-refractivity contribution < 1.29 is 14.3 Å². The number of ether oxygens (including phenoxy) is 2. The number of carbonyl (C=O) groups is 1. The third-order valence-corrected chi connectivity index (χ3v) is 4.21. The number of hydrogen-bond donors (Lipinski definition) is 1. The van der Waals surface area contributed by atoms with E-state index in [1.807, 2.05) is 24.3 Å². The van der Waals surface area contributed by atoms with Crippen molar-refractivity contribution in [3.63, 3.8) is 0 Å². The zero-order valence-corrected chi connectivity index (χ0v) is 14.9. The molecule has 0 aliphatic carbocycles. The molecule has 0 aliphatic rings. The topological polar surface area (TPSA) is 59.9 Å². The summed E-state index contributed by atoms with van der Waals surface area (Å²) in [5, 5.41) is 4.59. The van der Waals surface area contributed by atoms with Crippen molar-refractivity contribution in [3.8, 4) is 11.5 Å². The van der Waals surface area contributed by atoms with Crippen LogP contribution < -0.4 is 14.9 Å². The molecule has 0 saturated carbocycles. The molecule has 7 heteroatoms. The van der Waals surface area contributed by atoms with Crippen LogP contribution in [0.25, 0.3) is 0 Å². The van der Waals surface area contributed by atoms with Gasteiger partial charge in [-0.2, -0.15) is 5.10 Å². The number of hydrogen-bond acceptors (Lipinski definition) is 5. The Morgan fingerprint density at radius 2 is 2.00 bits per heavy atom. The lowest BCUT2D eigenvalue weighted by Crippen LogP contribution is -2.19. The van der Waals surface area contributed by atoms with Gasteiger partial charge in [0, 0.05) is 9.92 Å². The van der Waals surface area contributed by atoms with E-state index in [0.29, 0.717) is 16.5 Å². The van der Waals surface area contributed by atoms with Crippen molar-refractivity contribution in [1.29, 1.82) is 0 Å². The van der Waals surface area contributed by atoms with Crippen LogP contribution in [0, 0.1) is 0 Å². The summed E-state index contributed by atoms with van der Waals surface area (Å²) >= 11 is 7.29. The van der Waals surface area contributed by atoms with Gasteiger partial charge in [-0.1, -0.05) is 17.7 Å². The van der Waals surface area contributed by atoms with E-state index in [1.54, 1.807) is 38.6 Å². The second-order valence-corrected chi connectivity index (χ2v) is 6.14. The number of carbonyl (C=O) groups excluding carboxylic acids is 1. The Kier molecular flexibility index (Phi) is 6.96. The summed E-state index contributed by atoms with van der Waals surface area (Å²) < 4.78 is 10.4. The minimum absolute atomic E-state index is 0.197. The molecule has 0 radical (unpaired) electrons. The normalized spacial score (nSPS) is 10.6. The molecule has 0 aliphatic heterocycles. The lowest BCUT2D eigenvalue weighted by Gasteiger charge is -2.07. The number of amides is 1. The Morgan fingerprint density at radius 1 is 1.21 bits per heavy atom. The zero-order valence-electron chi connectivity index (χ0n) is 13.3. The highest BCUT2D eigenvalue weighted by Crippen LogP contribution is 2.26. The maximum absolute atomic E-state index is 11.8. The first kappa shape index (κ1) is 18.2. The van der Waals surface area contributed by atoms with Gasteiger partial charge in [-0.15, -0.1) is 11.8 Å². The first-order valence-corrected chi connectivity index (χ1v) is 8.41. The molecule has 0 saturated heterocycles. The summed E-state index contributed by atoms with van der Waals surface area (Å²) in [6.07, 6.45) is 1.55. The number of benzene rings is 2. The van der Waals surface area contributed by atoms with Crippen molar-refractivity contribution in [3.05, 3.63) is 53.1 Å². The van der Waals surface area contributed by atoms with Crippen LogP contribution in [0.4, 0.5) is 0 Å². The molecular formula is C17H17ClN2O3S. The molecule has 2 rings (SSSR count). The van der Waals surface area contributed by atoms with Crippen LogP contribution in [0.2, 0.25) is 5.02 Å². The van der Waals surface area contributed by atoms with E-state index in [9.17, 15) is 4.79 Å². The SMILES string of the molecule is COc1ccc(C=NNC(=O)CSc2cccc(Cl)c2)cc1OC. The average molecular weight is 365 g/mol. The monoisotopic (exact) mass is 364 g/mol. The summed E-state index contributed by atoms with van der Waals surface area (Å²) in [4.78, 5) is 12.7. The molecule has 126 valence electrons. The van der Waals surface area contributed by atoms with Crippen LogP contribution >= 0.6 is 23.4 Å². The molecule has 0 unspecified atom stereocenters. The first-order chi connectivity index (χ1) is 11.6. The Morgan fingerprint density at radius 3 is 2.71 bits per heavy atom. The van der Waals surface area contributed by atoms with Gasteiger partial charge < -0.3 is 9.47 Å². The van der Waals surface area contributed by atoms with Gasteiger partial charge >= 0.3 is 0 Å². The van der Waals surface area contributed by atoms with Crippen LogP contribution in [0.3, 0.4) is 0 Å². The van der Waals surface area contributed by atoms with Gasteiger partial charge in [-0.25, -0.2) is 5.43 Å². The van der Waals surface area contributed by atoms with E-state index in [2.05, 4.69) is 10.5 Å². The van der Waals surface area contributed by atoms with Gasteiger partial charge in [0.25, 0.3) is 0 Å². The third-order valence-electron chi connectivity index (χ3n) is 2.98.